The molecule has 0 aliphatic heterocycles. The lowest BCUT2D eigenvalue weighted by Gasteiger charge is -2.24. The molecule has 0 spiro atoms. The van der Waals surface area contributed by atoms with Crippen molar-refractivity contribution >= 4 is 10.9 Å². The molecule has 2 N–H and O–H groups in total. The molecule has 0 amide bonds. The van der Waals surface area contributed by atoms with E-state index in [2.05, 4.69) is 18.8 Å². The molecule has 2 aromatic rings. The SMILES string of the molecule is CCCC(N)C(CC)Oc1cccc2cccnc12. The van der Waals surface area contributed by atoms with E-state index in [1.54, 1.807) is 6.20 Å². The fourth-order valence-electron chi connectivity index (χ4n) is 2.33. The third-order valence-electron chi connectivity index (χ3n) is 3.38. The Morgan fingerprint density at radius 2 is 2.00 bits per heavy atom. The van der Waals surface area contributed by atoms with Crippen LogP contribution in [0.25, 0.3) is 10.9 Å². The van der Waals surface area contributed by atoms with Gasteiger partial charge >= 0.3 is 0 Å². The van der Waals surface area contributed by atoms with Gasteiger partial charge in [-0.1, -0.05) is 38.5 Å². The Morgan fingerprint density at radius 1 is 1.21 bits per heavy atom. The molecular formula is C16H22N2O. The summed E-state index contributed by atoms with van der Waals surface area (Å²) in [6, 6.07) is 10.1. The standard InChI is InChI=1S/C16H22N2O/c1-3-7-13(17)14(4-2)19-15-10-5-8-12-9-6-11-18-16(12)15/h5-6,8-11,13-14H,3-4,7,17H2,1-2H3. The van der Waals surface area contributed by atoms with Gasteiger partial charge in [-0.2, -0.15) is 0 Å². The average Bonchev–Trinajstić information content (AvgIpc) is 2.45. The van der Waals surface area contributed by atoms with Gasteiger partial charge in [-0.3, -0.25) is 4.98 Å². The number of nitrogens with zero attached hydrogens (tertiary/aromatic N) is 1. The molecule has 0 aliphatic rings. The fraction of sp³-hybridized carbons (Fsp3) is 0.438. The first-order valence-corrected chi connectivity index (χ1v) is 7.02. The Bertz CT molecular complexity index is 522. The summed E-state index contributed by atoms with van der Waals surface area (Å²) >= 11 is 0. The lowest BCUT2D eigenvalue weighted by molar-refractivity contribution is 0.163. The van der Waals surface area contributed by atoms with E-state index in [0.29, 0.717) is 0 Å². The molecule has 3 nitrogen and oxygen atoms in total. The van der Waals surface area contributed by atoms with Crippen molar-refractivity contribution in [3.05, 3.63) is 36.5 Å². The molecule has 1 aromatic heterocycles. The quantitative estimate of drug-likeness (QED) is 0.862. The van der Waals surface area contributed by atoms with Gasteiger partial charge in [0.1, 0.15) is 17.4 Å². The van der Waals surface area contributed by atoms with Crippen molar-refractivity contribution in [1.29, 1.82) is 0 Å². The lowest BCUT2D eigenvalue weighted by atomic mass is 10.0. The van der Waals surface area contributed by atoms with Crippen LogP contribution in [0.4, 0.5) is 0 Å². The first-order chi connectivity index (χ1) is 9.26. The molecule has 0 fully saturated rings. The molecule has 3 heteroatoms. The molecule has 0 bridgehead atoms. The van der Waals surface area contributed by atoms with Crippen molar-refractivity contribution in [2.75, 3.05) is 0 Å². The zero-order valence-corrected chi connectivity index (χ0v) is 11.7. The van der Waals surface area contributed by atoms with Crippen LogP contribution in [0, 0.1) is 0 Å². The van der Waals surface area contributed by atoms with Gasteiger partial charge in [-0.25, -0.2) is 0 Å². The summed E-state index contributed by atoms with van der Waals surface area (Å²) in [7, 11) is 0. The zero-order chi connectivity index (χ0) is 13.7. The van der Waals surface area contributed by atoms with Crippen LogP contribution in [0.1, 0.15) is 33.1 Å². The summed E-state index contributed by atoms with van der Waals surface area (Å²) in [4.78, 5) is 4.41. The van der Waals surface area contributed by atoms with Gasteiger partial charge in [-0.05, 0) is 25.0 Å². The second kappa shape index (κ2) is 6.53. The minimum atomic E-state index is 0.0487. The maximum absolute atomic E-state index is 6.19. The maximum atomic E-state index is 6.19. The van der Waals surface area contributed by atoms with Gasteiger partial charge in [0.2, 0.25) is 0 Å². The smallest absolute Gasteiger partial charge is 0.146 e. The number of hydrogen-bond acceptors (Lipinski definition) is 3. The topological polar surface area (TPSA) is 48.1 Å². The number of benzene rings is 1. The first-order valence-electron chi connectivity index (χ1n) is 7.02. The Labute approximate surface area is 114 Å². The molecular weight excluding hydrogens is 236 g/mol. The molecule has 2 atom stereocenters. The highest BCUT2D eigenvalue weighted by molar-refractivity contribution is 5.84. The Morgan fingerprint density at radius 3 is 2.74 bits per heavy atom. The van der Waals surface area contributed by atoms with Crippen LogP contribution >= 0.6 is 0 Å². The van der Waals surface area contributed by atoms with E-state index in [1.807, 2.05) is 30.3 Å². The third kappa shape index (κ3) is 3.24. The number of para-hydroxylation sites is 1. The van der Waals surface area contributed by atoms with E-state index in [4.69, 9.17) is 10.5 Å². The van der Waals surface area contributed by atoms with E-state index in [-0.39, 0.29) is 12.1 Å². The van der Waals surface area contributed by atoms with Gasteiger partial charge in [-0.15, -0.1) is 0 Å². The van der Waals surface area contributed by atoms with Crippen LogP contribution < -0.4 is 10.5 Å². The molecule has 0 radical (unpaired) electrons. The van der Waals surface area contributed by atoms with E-state index in [0.717, 1.165) is 35.9 Å². The van der Waals surface area contributed by atoms with Crippen molar-refractivity contribution in [3.8, 4) is 5.75 Å². The molecule has 0 saturated heterocycles. The summed E-state index contributed by atoms with van der Waals surface area (Å²) < 4.78 is 6.10. The van der Waals surface area contributed by atoms with Crippen LogP contribution in [0.15, 0.2) is 36.5 Å². The van der Waals surface area contributed by atoms with E-state index in [1.165, 1.54) is 0 Å². The predicted molar refractivity (Wildman–Crippen MR) is 79.3 cm³/mol. The van der Waals surface area contributed by atoms with Crippen LogP contribution in [0.5, 0.6) is 5.75 Å². The lowest BCUT2D eigenvalue weighted by Crippen LogP contribution is -2.38. The largest absolute Gasteiger partial charge is 0.487 e. The van der Waals surface area contributed by atoms with Crippen molar-refractivity contribution in [2.24, 2.45) is 5.73 Å². The number of hydrogen-bond donors (Lipinski definition) is 1. The average molecular weight is 258 g/mol. The number of aromatic nitrogens is 1. The molecule has 19 heavy (non-hydrogen) atoms. The predicted octanol–water partition coefficient (Wildman–Crippen LogP) is 3.52. The highest BCUT2D eigenvalue weighted by Crippen LogP contribution is 2.25. The number of pyridine rings is 1. The minimum Gasteiger partial charge on any atom is -0.487 e. The number of nitrogens with two attached hydrogens (primary N) is 1. The molecule has 1 heterocycles. The Kier molecular flexibility index (Phi) is 4.74. The van der Waals surface area contributed by atoms with Crippen LogP contribution in [0.3, 0.4) is 0 Å². The summed E-state index contributed by atoms with van der Waals surface area (Å²) in [6.07, 6.45) is 4.81. The van der Waals surface area contributed by atoms with Crippen molar-refractivity contribution in [2.45, 2.75) is 45.3 Å². The summed E-state index contributed by atoms with van der Waals surface area (Å²) in [5, 5.41) is 1.10. The Hall–Kier alpha value is -1.61. The second-order valence-corrected chi connectivity index (χ2v) is 4.85. The Balaban J connectivity index is 2.24. The summed E-state index contributed by atoms with van der Waals surface area (Å²) in [5.41, 5.74) is 7.09. The van der Waals surface area contributed by atoms with Crippen molar-refractivity contribution < 1.29 is 4.74 Å². The zero-order valence-electron chi connectivity index (χ0n) is 11.7. The molecule has 102 valence electrons. The maximum Gasteiger partial charge on any atom is 0.146 e. The second-order valence-electron chi connectivity index (χ2n) is 4.85. The first kappa shape index (κ1) is 13.8. The van der Waals surface area contributed by atoms with Crippen LogP contribution in [-0.2, 0) is 0 Å². The van der Waals surface area contributed by atoms with Gasteiger partial charge in [0.15, 0.2) is 0 Å². The fourth-order valence-corrected chi connectivity index (χ4v) is 2.33. The van der Waals surface area contributed by atoms with E-state index in [9.17, 15) is 0 Å². The highest BCUT2D eigenvalue weighted by Gasteiger charge is 2.18. The van der Waals surface area contributed by atoms with E-state index < -0.39 is 0 Å². The summed E-state index contributed by atoms with van der Waals surface area (Å²) in [5.74, 6) is 0.830. The number of ether oxygens (including phenoxy) is 1. The normalized spacial score (nSPS) is 14.3. The van der Waals surface area contributed by atoms with Crippen molar-refractivity contribution in [3.63, 3.8) is 0 Å². The number of rotatable bonds is 6. The van der Waals surface area contributed by atoms with Crippen LogP contribution in [-0.4, -0.2) is 17.1 Å². The molecule has 0 aliphatic carbocycles. The van der Waals surface area contributed by atoms with Gasteiger partial charge in [0.05, 0.1) is 0 Å². The van der Waals surface area contributed by atoms with Gasteiger partial charge in [0.25, 0.3) is 0 Å². The van der Waals surface area contributed by atoms with Crippen molar-refractivity contribution in [1.82, 2.24) is 4.98 Å². The molecule has 1 aromatic carbocycles. The molecule has 2 unspecified atom stereocenters. The molecule has 0 saturated carbocycles. The van der Waals surface area contributed by atoms with Crippen LogP contribution in [0.2, 0.25) is 0 Å². The van der Waals surface area contributed by atoms with E-state index >= 15 is 0 Å². The van der Waals surface area contributed by atoms with Gasteiger partial charge < -0.3 is 10.5 Å². The monoisotopic (exact) mass is 258 g/mol. The minimum absolute atomic E-state index is 0.0487. The van der Waals surface area contributed by atoms with Gasteiger partial charge in [0, 0.05) is 17.6 Å². The molecule has 2 rings (SSSR count). The third-order valence-corrected chi connectivity index (χ3v) is 3.38. The summed E-state index contributed by atoms with van der Waals surface area (Å²) in [6.45, 7) is 4.25. The number of fused-ring (bicyclic) bond motifs is 1. The highest BCUT2D eigenvalue weighted by atomic mass is 16.5.